The van der Waals surface area contributed by atoms with Crippen LogP contribution in [0.25, 0.3) is 0 Å². The highest BCUT2D eigenvalue weighted by Crippen LogP contribution is 2.22. The van der Waals surface area contributed by atoms with Gasteiger partial charge in [0.05, 0.1) is 5.69 Å². The number of nitrogens with one attached hydrogen (secondary N) is 1. The molecule has 0 saturated heterocycles. The molecular formula is C8H8BrN3S2. The van der Waals surface area contributed by atoms with Crippen molar-refractivity contribution in [3.63, 3.8) is 0 Å². The van der Waals surface area contributed by atoms with Gasteiger partial charge in [-0.3, -0.25) is 0 Å². The molecule has 14 heavy (non-hydrogen) atoms. The summed E-state index contributed by atoms with van der Waals surface area (Å²) in [7, 11) is 0. The van der Waals surface area contributed by atoms with E-state index in [-0.39, 0.29) is 0 Å². The van der Waals surface area contributed by atoms with Crippen LogP contribution in [0.15, 0.2) is 21.3 Å². The summed E-state index contributed by atoms with van der Waals surface area (Å²) in [6.45, 7) is 1.65. The van der Waals surface area contributed by atoms with Crippen LogP contribution in [-0.4, -0.2) is 9.59 Å². The van der Waals surface area contributed by atoms with Crippen LogP contribution in [0.5, 0.6) is 0 Å². The number of hydrogen-bond donors (Lipinski definition) is 1. The molecule has 1 N–H and O–H groups in total. The lowest BCUT2D eigenvalue weighted by molar-refractivity contribution is 0.683. The Morgan fingerprint density at radius 1 is 1.43 bits per heavy atom. The molecule has 6 heteroatoms. The van der Waals surface area contributed by atoms with E-state index in [2.05, 4.69) is 42.3 Å². The summed E-state index contributed by atoms with van der Waals surface area (Å²) >= 11 is 6.62. The summed E-state index contributed by atoms with van der Waals surface area (Å²) in [6.07, 6.45) is 0. The van der Waals surface area contributed by atoms with Crippen LogP contribution in [0.2, 0.25) is 0 Å². The Bertz CT molecular complexity index is 385. The Balaban J connectivity index is 1.81. The minimum absolute atomic E-state index is 0.779. The van der Waals surface area contributed by atoms with E-state index < -0.39 is 0 Å². The molecule has 0 aliphatic heterocycles. The average molecular weight is 290 g/mol. The standard InChI is InChI=1S/C8H8BrN3S2/c9-7-1-2-13-8(7)4-10-3-6-5-14-12-11-6/h1-2,5,10H,3-4H2. The maximum Gasteiger partial charge on any atom is 0.0893 e. The van der Waals surface area contributed by atoms with E-state index in [1.807, 2.05) is 5.38 Å². The van der Waals surface area contributed by atoms with E-state index in [4.69, 9.17) is 0 Å². The van der Waals surface area contributed by atoms with Crippen LogP contribution >= 0.6 is 38.8 Å². The fraction of sp³-hybridized carbons (Fsp3) is 0.250. The highest BCUT2D eigenvalue weighted by molar-refractivity contribution is 9.10. The van der Waals surface area contributed by atoms with Crippen LogP contribution in [-0.2, 0) is 13.1 Å². The van der Waals surface area contributed by atoms with Crippen molar-refractivity contribution >= 4 is 38.8 Å². The van der Waals surface area contributed by atoms with E-state index >= 15 is 0 Å². The zero-order valence-electron chi connectivity index (χ0n) is 7.24. The number of rotatable bonds is 4. The summed E-state index contributed by atoms with van der Waals surface area (Å²) < 4.78 is 4.97. The molecule has 2 aromatic heterocycles. The Morgan fingerprint density at radius 3 is 3.00 bits per heavy atom. The third-order valence-corrected chi connectivity index (χ3v) is 4.17. The normalized spacial score (nSPS) is 10.6. The first-order chi connectivity index (χ1) is 6.86. The summed E-state index contributed by atoms with van der Waals surface area (Å²) in [4.78, 5) is 1.31. The Hall–Kier alpha value is -0.300. The van der Waals surface area contributed by atoms with Gasteiger partial charge in [-0.15, -0.1) is 16.4 Å². The molecule has 0 atom stereocenters. The molecule has 74 valence electrons. The van der Waals surface area contributed by atoms with E-state index in [1.165, 1.54) is 20.9 Å². The van der Waals surface area contributed by atoms with Gasteiger partial charge in [0, 0.05) is 27.8 Å². The smallest absolute Gasteiger partial charge is 0.0893 e. The third kappa shape index (κ3) is 2.60. The summed E-state index contributed by atoms with van der Waals surface area (Å²) in [5.74, 6) is 0. The zero-order valence-corrected chi connectivity index (χ0v) is 10.5. The molecule has 0 spiro atoms. The average Bonchev–Trinajstić information content (AvgIpc) is 2.78. The molecule has 0 bridgehead atoms. The van der Waals surface area contributed by atoms with Crippen LogP contribution < -0.4 is 5.32 Å². The molecule has 3 nitrogen and oxygen atoms in total. The predicted molar refractivity (Wildman–Crippen MR) is 62.5 cm³/mol. The van der Waals surface area contributed by atoms with Gasteiger partial charge >= 0.3 is 0 Å². The number of hydrogen-bond acceptors (Lipinski definition) is 5. The van der Waals surface area contributed by atoms with Crippen LogP contribution in [0.3, 0.4) is 0 Å². The molecule has 0 aliphatic carbocycles. The van der Waals surface area contributed by atoms with Gasteiger partial charge in [0.1, 0.15) is 0 Å². The Morgan fingerprint density at radius 2 is 2.36 bits per heavy atom. The van der Waals surface area contributed by atoms with E-state index in [1.54, 1.807) is 11.3 Å². The number of nitrogens with zero attached hydrogens (tertiary/aromatic N) is 2. The molecule has 0 radical (unpaired) electrons. The quantitative estimate of drug-likeness (QED) is 0.940. The van der Waals surface area contributed by atoms with Crippen molar-refractivity contribution < 1.29 is 0 Å². The first kappa shape index (κ1) is 10.2. The molecule has 2 rings (SSSR count). The van der Waals surface area contributed by atoms with Crippen molar-refractivity contribution in [2.75, 3.05) is 0 Å². The minimum Gasteiger partial charge on any atom is -0.306 e. The van der Waals surface area contributed by atoms with E-state index in [0.717, 1.165) is 18.8 Å². The summed E-state index contributed by atoms with van der Waals surface area (Å²) in [5.41, 5.74) is 1.00. The lowest BCUT2D eigenvalue weighted by atomic mass is 10.4. The zero-order chi connectivity index (χ0) is 9.80. The van der Waals surface area contributed by atoms with E-state index in [0.29, 0.717) is 0 Å². The molecular weight excluding hydrogens is 282 g/mol. The van der Waals surface area contributed by atoms with Gasteiger partial charge in [0.2, 0.25) is 0 Å². The third-order valence-electron chi connectivity index (χ3n) is 1.69. The monoisotopic (exact) mass is 289 g/mol. The first-order valence-corrected chi connectivity index (χ1v) is 6.55. The Kier molecular flexibility index (Phi) is 3.63. The van der Waals surface area contributed by atoms with E-state index in [9.17, 15) is 0 Å². The predicted octanol–water partition coefficient (Wildman–Crippen LogP) is 2.65. The van der Waals surface area contributed by atoms with Crippen LogP contribution in [0.1, 0.15) is 10.6 Å². The topological polar surface area (TPSA) is 37.8 Å². The molecule has 0 aromatic carbocycles. The van der Waals surface area contributed by atoms with Crippen molar-refractivity contribution in [2.45, 2.75) is 13.1 Å². The van der Waals surface area contributed by atoms with Gasteiger partial charge in [-0.2, -0.15) is 0 Å². The number of thiophene rings is 1. The largest absolute Gasteiger partial charge is 0.306 e. The second-order valence-corrected chi connectivity index (χ2v) is 5.16. The maximum absolute atomic E-state index is 3.96. The van der Waals surface area contributed by atoms with Gasteiger partial charge in [0.25, 0.3) is 0 Å². The highest BCUT2D eigenvalue weighted by atomic mass is 79.9. The van der Waals surface area contributed by atoms with Crippen LogP contribution in [0, 0.1) is 0 Å². The van der Waals surface area contributed by atoms with Crippen molar-refractivity contribution in [1.82, 2.24) is 14.9 Å². The second-order valence-electron chi connectivity index (χ2n) is 2.69. The molecule has 0 amide bonds. The fourth-order valence-corrected chi connectivity index (χ4v) is 2.93. The summed E-state index contributed by atoms with van der Waals surface area (Å²) in [6, 6.07) is 2.06. The molecule has 0 saturated carbocycles. The van der Waals surface area contributed by atoms with Gasteiger partial charge in [-0.25, -0.2) is 0 Å². The molecule has 0 aliphatic rings. The van der Waals surface area contributed by atoms with Crippen molar-refractivity contribution in [3.05, 3.63) is 31.9 Å². The van der Waals surface area contributed by atoms with Gasteiger partial charge in [0.15, 0.2) is 0 Å². The highest BCUT2D eigenvalue weighted by Gasteiger charge is 2.01. The van der Waals surface area contributed by atoms with Crippen LogP contribution in [0.4, 0.5) is 0 Å². The Labute approximate surface area is 98.5 Å². The number of aromatic nitrogens is 2. The maximum atomic E-state index is 3.96. The number of halogens is 1. The SMILES string of the molecule is Brc1ccsc1CNCc1csnn1. The molecule has 2 aromatic rings. The van der Waals surface area contributed by atoms with Crippen molar-refractivity contribution in [3.8, 4) is 0 Å². The van der Waals surface area contributed by atoms with Gasteiger partial charge in [-0.05, 0) is 38.9 Å². The molecule has 0 fully saturated rings. The molecule has 2 heterocycles. The fourth-order valence-electron chi connectivity index (χ4n) is 1.02. The van der Waals surface area contributed by atoms with Crippen molar-refractivity contribution in [2.24, 2.45) is 0 Å². The van der Waals surface area contributed by atoms with Gasteiger partial charge in [-0.1, -0.05) is 4.49 Å². The molecule has 0 unspecified atom stereocenters. The second kappa shape index (κ2) is 4.97. The first-order valence-electron chi connectivity index (χ1n) is 4.05. The lowest BCUT2D eigenvalue weighted by Crippen LogP contribution is -2.12. The van der Waals surface area contributed by atoms with Gasteiger partial charge < -0.3 is 5.32 Å². The summed E-state index contributed by atoms with van der Waals surface area (Å²) in [5, 5.41) is 11.3. The minimum atomic E-state index is 0.779. The lowest BCUT2D eigenvalue weighted by Gasteiger charge is -2.00. The van der Waals surface area contributed by atoms with Crippen molar-refractivity contribution in [1.29, 1.82) is 0 Å².